The summed E-state index contributed by atoms with van der Waals surface area (Å²) in [6.45, 7) is 0.866. The summed E-state index contributed by atoms with van der Waals surface area (Å²) in [5, 5.41) is 3.30. The molecule has 0 amide bonds. The highest BCUT2D eigenvalue weighted by Crippen LogP contribution is 2.48. The van der Waals surface area contributed by atoms with Crippen LogP contribution >= 0.6 is 15.9 Å². The van der Waals surface area contributed by atoms with Crippen molar-refractivity contribution in [2.24, 2.45) is 17.8 Å². The second kappa shape index (κ2) is 5.24. The molecule has 0 saturated heterocycles. The van der Waals surface area contributed by atoms with Crippen LogP contribution in [-0.4, -0.2) is 6.54 Å². The van der Waals surface area contributed by atoms with E-state index in [0.717, 1.165) is 36.2 Å². The normalized spacial score (nSPS) is 28.9. The van der Waals surface area contributed by atoms with Crippen LogP contribution in [0.3, 0.4) is 0 Å². The van der Waals surface area contributed by atoms with Gasteiger partial charge in [-0.1, -0.05) is 6.42 Å². The zero-order valence-electron chi connectivity index (χ0n) is 11.0. The Morgan fingerprint density at radius 2 is 2.00 bits per heavy atom. The Hall–Kier alpha value is -0.710. The van der Waals surface area contributed by atoms with E-state index in [1.807, 2.05) is 0 Å². The molecule has 3 unspecified atom stereocenters. The molecule has 1 N–H and O–H groups in total. The molecule has 0 heterocycles. The fourth-order valence-corrected chi connectivity index (χ4v) is 4.22. The number of hydrogen-bond donors (Lipinski definition) is 1. The monoisotopic (exact) mass is 347 g/mol. The molecule has 110 valence electrons. The Morgan fingerprint density at radius 1 is 1.20 bits per heavy atom. The number of halogens is 4. The van der Waals surface area contributed by atoms with Crippen LogP contribution in [0.15, 0.2) is 22.7 Å². The van der Waals surface area contributed by atoms with Crippen molar-refractivity contribution in [3.63, 3.8) is 0 Å². The largest absolute Gasteiger partial charge is 0.416 e. The number of nitrogens with one attached hydrogen (secondary N) is 1. The quantitative estimate of drug-likeness (QED) is 0.780. The molecule has 1 aromatic rings. The lowest BCUT2D eigenvalue weighted by molar-refractivity contribution is -0.137. The molecule has 1 aromatic carbocycles. The van der Waals surface area contributed by atoms with E-state index in [0.29, 0.717) is 10.4 Å². The number of anilines is 1. The first kappa shape index (κ1) is 14.2. The summed E-state index contributed by atoms with van der Waals surface area (Å²) in [7, 11) is 0. The molecule has 2 bridgehead atoms. The number of alkyl halides is 3. The highest BCUT2D eigenvalue weighted by atomic mass is 79.9. The number of hydrogen-bond acceptors (Lipinski definition) is 1. The average molecular weight is 348 g/mol. The standard InChI is InChI=1S/C15H17BrF3N/c16-13-7-12(15(17,18)19)3-4-14(13)20-8-11-6-9-1-2-10(11)5-9/h3-4,7,9-11,20H,1-2,5-6,8H2. The van der Waals surface area contributed by atoms with Crippen molar-refractivity contribution in [3.8, 4) is 0 Å². The molecule has 20 heavy (non-hydrogen) atoms. The smallest absolute Gasteiger partial charge is 0.384 e. The van der Waals surface area contributed by atoms with Crippen LogP contribution in [0.2, 0.25) is 0 Å². The number of rotatable bonds is 3. The minimum absolute atomic E-state index is 0.482. The van der Waals surface area contributed by atoms with Crippen molar-refractivity contribution >= 4 is 21.6 Å². The lowest BCUT2D eigenvalue weighted by atomic mass is 9.89. The Balaban J connectivity index is 1.63. The van der Waals surface area contributed by atoms with Gasteiger partial charge in [0.2, 0.25) is 0 Å². The third-order valence-corrected chi connectivity index (χ3v) is 5.39. The molecule has 0 spiro atoms. The summed E-state index contributed by atoms with van der Waals surface area (Å²) in [6, 6.07) is 3.79. The average Bonchev–Trinajstić information content (AvgIpc) is 2.98. The first-order chi connectivity index (χ1) is 9.43. The molecule has 3 rings (SSSR count). The molecule has 1 nitrogen and oxygen atoms in total. The maximum atomic E-state index is 12.6. The van der Waals surface area contributed by atoms with Crippen molar-refractivity contribution in [3.05, 3.63) is 28.2 Å². The topological polar surface area (TPSA) is 12.0 Å². The van der Waals surface area contributed by atoms with Crippen LogP contribution in [0.4, 0.5) is 18.9 Å². The molecular formula is C15H17BrF3N. The van der Waals surface area contributed by atoms with E-state index in [1.54, 1.807) is 0 Å². The lowest BCUT2D eigenvalue weighted by Crippen LogP contribution is -2.20. The fraction of sp³-hybridized carbons (Fsp3) is 0.600. The van der Waals surface area contributed by atoms with Gasteiger partial charge in [-0.25, -0.2) is 0 Å². The van der Waals surface area contributed by atoms with Crippen LogP contribution in [0, 0.1) is 17.8 Å². The molecule has 2 saturated carbocycles. The van der Waals surface area contributed by atoms with Crippen molar-refractivity contribution in [1.82, 2.24) is 0 Å². The van der Waals surface area contributed by atoms with Gasteiger partial charge in [0.05, 0.1) is 5.56 Å². The van der Waals surface area contributed by atoms with Crippen LogP contribution in [0.25, 0.3) is 0 Å². The van der Waals surface area contributed by atoms with Crippen molar-refractivity contribution in [1.29, 1.82) is 0 Å². The zero-order chi connectivity index (χ0) is 14.3. The van der Waals surface area contributed by atoms with E-state index in [9.17, 15) is 13.2 Å². The Morgan fingerprint density at radius 3 is 2.55 bits per heavy atom. The predicted molar refractivity (Wildman–Crippen MR) is 76.6 cm³/mol. The molecule has 2 aliphatic carbocycles. The second-order valence-electron chi connectivity index (χ2n) is 6.01. The van der Waals surface area contributed by atoms with Gasteiger partial charge < -0.3 is 5.32 Å². The third kappa shape index (κ3) is 2.83. The first-order valence-corrected chi connectivity index (χ1v) is 7.83. The third-order valence-electron chi connectivity index (χ3n) is 4.74. The van der Waals surface area contributed by atoms with Crippen LogP contribution in [0.5, 0.6) is 0 Å². The highest BCUT2D eigenvalue weighted by Gasteiger charge is 2.39. The van der Waals surface area contributed by atoms with E-state index in [1.165, 1.54) is 31.7 Å². The van der Waals surface area contributed by atoms with E-state index in [-0.39, 0.29) is 0 Å². The van der Waals surface area contributed by atoms with E-state index in [2.05, 4.69) is 21.2 Å². The second-order valence-corrected chi connectivity index (χ2v) is 6.86. The molecule has 2 aliphatic rings. The predicted octanol–water partition coefficient (Wildman–Crippen LogP) is 5.32. The summed E-state index contributed by atoms with van der Waals surface area (Å²) >= 11 is 3.23. The van der Waals surface area contributed by atoms with Crippen molar-refractivity contribution in [2.45, 2.75) is 31.9 Å². The fourth-order valence-electron chi connectivity index (χ4n) is 3.70. The van der Waals surface area contributed by atoms with E-state index in [4.69, 9.17) is 0 Å². The van der Waals surface area contributed by atoms with Crippen molar-refractivity contribution < 1.29 is 13.2 Å². The summed E-state index contributed by atoms with van der Waals surface area (Å²) < 4.78 is 38.3. The van der Waals surface area contributed by atoms with Crippen LogP contribution in [-0.2, 0) is 6.18 Å². The zero-order valence-corrected chi connectivity index (χ0v) is 12.6. The molecule has 0 aliphatic heterocycles. The van der Waals surface area contributed by atoms with Gasteiger partial charge in [0, 0.05) is 16.7 Å². The lowest BCUT2D eigenvalue weighted by Gasteiger charge is -2.23. The van der Waals surface area contributed by atoms with Gasteiger partial charge >= 0.3 is 6.18 Å². The molecular weight excluding hydrogens is 331 g/mol. The summed E-state index contributed by atoms with van der Waals surface area (Å²) in [4.78, 5) is 0. The molecule has 0 aromatic heterocycles. The van der Waals surface area contributed by atoms with Gasteiger partial charge in [-0.2, -0.15) is 13.2 Å². The van der Waals surface area contributed by atoms with Gasteiger partial charge in [-0.05, 0) is 71.1 Å². The van der Waals surface area contributed by atoms with Gasteiger partial charge in [-0.3, -0.25) is 0 Å². The van der Waals surface area contributed by atoms with Gasteiger partial charge in [0.1, 0.15) is 0 Å². The summed E-state index contributed by atoms with van der Waals surface area (Å²) in [6.07, 6.45) is 1.03. The summed E-state index contributed by atoms with van der Waals surface area (Å²) in [5.41, 5.74) is 0.135. The van der Waals surface area contributed by atoms with Gasteiger partial charge in [0.25, 0.3) is 0 Å². The minimum atomic E-state index is -4.29. The van der Waals surface area contributed by atoms with Gasteiger partial charge in [-0.15, -0.1) is 0 Å². The minimum Gasteiger partial charge on any atom is -0.384 e. The summed E-state index contributed by atoms with van der Waals surface area (Å²) in [5.74, 6) is 2.39. The molecule has 5 heteroatoms. The SMILES string of the molecule is FC(F)(F)c1ccc(NCC2CC3CCC2C3)c(Br)c1. The molecule has 2 fully saturated rings. The van der Waals surface area contributed by atoms with E-state index >= 15 is 0 Å². The number of fused-ring (bicyclic) bond motifs is 2. The van der Waals surface area contributed by atoms with Gasteiger partial charge in [0.15, 0.2) is 0 Å². The van der Waals surface area contributed by atoms with E-state index < -0.39 is 11.7 Å². The Kier molecular flexibility index (Phi) is 3.73. The Bertz CT molecular complexity index is 500. The highest BCUT2D eigenvalue weighted by molar-refractivity contribution is 9.10. The number of benzene rings is 1. The molecule has 0 radical (unpaired) electrons. The maximum Gasteiger partial charge on any atom is 0.416 e. The maximum absolute atomic E-state index is 12.6. The Labute approximate surface area is 125 Å². The van der Waals surface area contributed by atoms with Crippen LogP contribution < -0.4 is 5.32 Å². The molecule has 3 atom stereocenters. The van der Waals surface area contributed by atoms with Crippen molar-refractivity contribution in [2.75, 3.05) is 11.9 Å². The first-order valence-electron chi connectivity index (χ1n) is 7.04. The van der Waals surface area contributed by atoms with Crippen LogP contribution in [0.1, 0.15) is 31.2 Å².